The molecule has 1 saturated carbocycles. The van der Waals surface area contributed by atoms with E-state index in [0.717, 1.165) is 21.9 Å². The van der Waals surface area contributed by atoms with Crippen LogP contribution in [0, 0.1) is 23.0 Å². The lowest BCUT2D eigenvalue weighted by atomic mass is 9.87. The van der Waals surface area contributed by atoms with Crippen LogP contribution in [0.5, 0.6) is 0 Å². The quantitative estimate of drug-likeness (QED) is 0.361. The van der Waals surface area contributed by atoms with Gasteiger partial charge in [-0.15, -0.1) is 0 Å². The second-order valence-corrected chi connectivity index (χ2v) is 10.4. The molecule has 0 radical (unpaired) electrons. The summed E-state index contributed by atoms with van der Waals surface area (Å²) in [5.74, 6) is -7.18. The predicted molar refractivity (Wildman–Crippen MR) is 145 cm³/mol. The molecule has 3 amide bonds. The zero-order valence-corrected chi connectivity index (χ0v) is 22.9. The molecule has 1 aliphatic carbocycles. The smallest absolute Gasteiger partial charge is 0.416 e. The van der Waals surface area contributed by atoms with Crippen molar-refractivity contribution in [3.8, 4) is 6.07 Å². The van der Waals surface area contributed by atoms with Gasteiger partial charge in [-0.25, -0.2) is 32.2 Å². The molecule has 1 unspecified atom stereocenters. The van der Waals surface area contributed by atoms with Gasteiger partial charge in [0.1, 0.15) is 29.5 Å². The van der Waals surface area contributed by atoms with E-state index in [9.17, 15) is 37.2 Å². The average molecular weight is 616 g/mol. The zero-order chi connectivity index (χ0) is 30.9. The Kier molecular flexibility index (Phi) is 8.23. The summed E-state index contributed by atoms with van der Waals surface area (Å²) in [6.07, 6.45) is -1.17. The highest BCUT2D eigenvalue weighted by Gasteiger charge is 2.48. The minimum absolute atomic E-state index is 0.000405. The van der Waals surface area contributed by atoms with E-state index in [4.69, 9.17) is 16.3 Å². The Morgan fingerprint density at radius 1 is 1.14 bits per heavy atom. The molecule has 2 heterocycles. The van der Waals surface area contributed by atoms with E-state index in [0.29, 0.717) is 6.07 Å². The Labute approximate surface area is 247 Å². The third kappa shape index (κ3) is 6.24. The van der Waals surface area contributed by atoms with Gasteiger partial charge in [0, 0.05) is 48.2 Å². The Hall–Kier alpha value is -4.70. The highest BCUT2D eigenvalue weighted by atomic mass is 35.5. The molecule has 1 aromatic heterocycles. The fourth-order valence-corrected chi connectivity index (χ4v) is 5.31. The Morgan fingerprint density at radius 2 is 1.84 bits per heavy atom. The summed E-state index contributed by atoms with van der Waals surface area (Å²) in [4.78, 5) is 47.1. The molecule has 2 aromatic carbocycles. The second kappa shape index (κ2) is 11.9. The topological polar surface area (TPSA) is 116 Å². The standard InChI is InChI=1S/C29H22ClF4N5O4/c30-22-4-2-1-3-21(22)25(26(40)37-19-13-29(33,34)14-19)38(20-11-17(31)10-18(32)12-20)27(41)23-6-8-43-28(42)39(23)24-9-16(15-35)5-7-36-24/h1-5,7,9-12,19,23,25H,6,8,13-14H2,(H,37,40)/t23?,25-/m0/s1. The van der Waals surface area contributed by atoms with E-state index in [1.165, 1.54) is 36.5 Å². The minimum Gasteiger partial charge on any atom is -0.449 e. The number of amides is 3. The number of carbonyl (C=O) groups excluding carboxylic acids is 3. The molecular weight excluding hydrogens is 594 g/mol. The number of rotatable bonds is 7. The minimum atomic E-state index is -2.98. The van der Waals surface area contributed by atoms with Crippen LogP contribution in [0.15, 0.2) is 60.8 Å². The lowest BCUT2D eigenvalue weighted by Crippen LogP contribution is -2.58. The molecule has 2 fully saturated rings. The number of halogens is 5. The monoisotopic (exact) mass is 615 g/mol. The summed E-state index contributed by atoms with van der Waals surface area (Å²) < 4.78 is 61.5. The van der Waals surface area contributed by atoms with Crippen LogP contribution in [0.2, 0.25) is 5.02 Å². The molecule has 2 atom stereocenters. The zero-order valence-electron chi connectivity index (χ0n) is 22.1. The van der Waals surface area contributed by atoms with Crippen LogP contribution in [-0.2, 0) is 14.3 Å². The Balaban J connectivity index is 1.65. The molecule has 14 heteroatoms. The van der Waals surface area contributed by atoms with Crippen LogP contribution in [0.25, 0.3) is 0 Å². The lowest BCUT2D eigenvalue weighted by Gasteiger charge is -2.40. The molecule has 5 rings (SSSR count). The number of benzene rings is 2. The molecule has 0 spiro atoms. The van der Waals surface area contributed by atoms with Gasteiger partial charge in [-0.3, -0.25) is 14.5 Å². The number of nitrogens with one attached hydrogen (secondary N) is 1. The normalized spacial score (nSPS) is 18.6. The number of carbonyl (C=O) groups is 3. The van der Waals surface area contributed by atoms with Crippen molar-refractivity contribution in [3.05, 3.63) is 88.6 Å². The van der Waals surface area contributed by atoms with Crippen LogP contribution in [0.1, 0.15) is 36.4 Å². The van der Waals surface area contributed by atoms with E-state index in [-0.39, 0.29) is 35.0 Å². The van der Waals surface area contributed by atoms with Gasteiger partial charge < -0.3 is 10.1 Å². The average Bonchev–Trinajstić information content (AvgIpc) is 2.94. The number of cyclic esters (lactones) is 1. The molecule has 43 heavy (non-hydrogen) atoms. The van der Waals surface area contributed by atoms with Crippen molar-refractivity contribution in [2.24, 2.45) is 0 Å². The van der Waals surface area contributed by atoms with Gasteiger partial charge in [0.05, 0.1) is 23.9 Å². The van der Waals surface area contributed by atoms with Crippen LogP contribution in [0.3, 0.4) is 0 Å². The first kappa shape index (κ1) is 29.8. The van der Waals surface area contributed by atoms with Crippen LogP contribution >= 0.6 is 11.6 Å². The largest absolute Gasteiger partial charge is 0.449 e. The number of alkyl halides is 2. The number of hydrogen-bond acceptors (Lipinski definition) is 6. The van der Waals surface area contributed by atoms with Crippen molar-refractivity contribution >= 4 is 41.0 Å². The van der Waals surface area contributed by atoms with Crippen LogP contribution in [0.4, 0.5) is 33.9 Å². The highest BCUT2D eigenvalue weighted by molar-refractivity contribution is 6.31. The summed E-state index contributed by atoms with van der Waals surface area (Å²) >= 11 is 6.45. The molecule has 1 saturated heterocycles. The molecule has 3 aromatic rings. The van der Waals surface area contributed by atoms with Crippen molar-refractivity contribution < 1.29 is 36.7 Å². The first-order valence-electron chi connectivity index (χ1n) is 13.0. The molecule has 9 nitrogen and oxygen atoms in total. The fourth-order valence-electron chi connectivity index (χ4n) is 5.07. The predicted octanol–water partition coefficient (Wildman–Crippen LogP) is 5.29. The van der Waals surface area contributed by atoms with Gasteiger partial charge in [-0.2, -0.15) is 5.26 Å². The number of pyridine rings is 1. The van der Waals surface area contributed by atoms with Gasteiger partial charge in [-0.1, -0.05) is 29.8 Å². The van der Waals surface area contributed by atoms with Gasteiger partial charge >= 0.3 is 6.09 Å². The molecule has 1 N–H and O–H groups in total. The number of ether oxygens (including phenoxy) is 1. The van der Waals surface area contributed by atoms with E-state index in [1.807, 2.05) is 6.07 Å². The van der Waals surface area contributed by atoms with E-state index >= 15 is 0 Å². The second-order valence-electron chi connectivity index (χ2n) is 10.0. The van der Waals surface area contributed by atoms with Crippen molar-refractivity contribution in [2.75, 3.05) is 16.4 Å². The number of aromatic nitrogens is 1. The Morgan fingerprint density at radius 3 is 2.49 bits per heavy atom. The molecule has 0 bridgehead atoms. The van der Waals surface area contributed by atoms with Crippen LogP contribution < -0.4 is 15.1 Å². The van der Waals surface area contributed by atoms with Crippen molar-refractivity contribution in [1.29, 1.82) is 5.26 Å². The van der Waals surface area contributed by atoms with E-state index in [2.05, 4.69) is 10.3 Å². The van der Waals surface area contributed by atoms with Gasteiger partial charge in [-0.05, 0) is 30.3 Å². The SMILES string of the molecule is N#Cc1ccnc(N2C(=O)OCCC2C(=O)N(c2cc(F)cc(F)c2)[C@H](C(=O)NC2CC(F)(F)C2)c2ccccc2Cl)c1. The van der Waals surface area contributed by atoms with Gasteiger partial charge in [0.25, 0.3) is 11.8 Å². The number of nitriles is 1. The summed E-state index contributed by atoms with van der Waals surface area (Å²) in [5, 5.41) is 11.8. The maximum atomic E-state index is 14.6. The van der Waals surface area contributed by atoms with Crippen molar-refractivity contribution in [2.45, 2.75) is 43.3 Å². The maximum absolute atomic E-state index is 14.6. The molecular formula is C29H22ClF4N5O4. The molecule has 2 aliphatic rings. The summed E-state index contributed by atoms with van der Waals surface area (Å²) in [6.45, 7) is -0.227. The van der Waals surface area contributed by atoms with E-state index < -0.39 is 72.1 Å². The highest BCUT2D eigenvalue weighted by Crippen LogP contribution is 2.39. The van der Waals surface area contributed by atoms with Crippen molar-refractivity contribution in [1.82, 2.24) is 10.3 Å². The summed E-state index contributed by atoms with van der Waals surface area (Å²) in [7, 11) is 0. The summed E-state index contributed by atoms with van der Waals surface area (Å²) in [5.41, 5.74) is -0.260. The Bertz CT molecular complexity index is 1610. The lowest BCUT2D eigenvalue weighted by molar-refractivity contribution is -0.133. The van der Waals surface area contributed by atoms with E-state index in [1.54, 1.807) is 6.07 Å². The summed E-state index contributed by atoms with van der Waals surface area (Å²) in [6, 6.07) is 8.52. The number of nitrogens with zero attached hydrogens (tertiary/aromatic N) is 4. The fraction of sp³-hybridized carbons (Fsp3) is 0.276. The van der Waals surface area contributed by atoms with Gasteiger partial charge in [0.2, 0.25) is 5.91 Å². The third-order valence-corrected chi connectivity index (χ3v) is 7.38. The van der Waals surface area contributed by atoms with Gasteiger partial charge in [0.15, 0.2) is 0 Å². The first-order valence-corrected chi connectivity index (χ1v) is 13.4. The first-order chi connectivity index (χ1) is 20.5. The maximum Gasteiger partial charge on any atom is 0.416 e. The van der Waals surface area contributed by atoms with Crippen LogP contribution in [-0.4, -0.2) is 47.5 Å². The number of anilines is 2. The third-order valence-electron chi connectivity index (χ3n) is 7.04. The molecule has 1 aliphatic heterocycles. The number of hydrogen-bond donors (Lipinski definition) is 1. The van der Waals surface area contributed by atoms with Crippen molar-refractivity contribution in [3.63, 3.8) is 0 Å². The molecule has 222 valence electrons.